The first-order valence-corrected chi connectivity index (χ1v) is 6.68. The topological polar surface area (TPSA) is 55.4 Å². The Morgan fingerprint density at radius 3 is 2.79 bits per heavy atom. The second-order valence-corrected chi connectivity index (χ2v) is 4.77. The van der Waals surface area contributed by atoms with Gasteiger partial charge in [0.05, 0.1) is 13.5 Å². The first kappa shape index (κ1) is 13.6. The standard InChI is InChI=1S/C15H19NO3/c1-19-15(18)10-9-14(17)16-13-8-4-6-11-5-2-3-7-12(11)13/h4,6,8H,2-3,5,7,9-10H2,1H3,(H,16,17). The van der Waals surface area contributed by atoms with Gasteiger partial charge in [0, 0.05) is 12.1 Å². The minimum Gasteiger partial charge on any atom is -0.469 e. The van der Waals surface area contributed by atoms with Crippen LogP contribution in [0.2, 0.25) is 0 Å². The smallest absolute Gasteiger partial charge is 0.306 e. The van der Waals surface area contributed by atoms with Gasteiger partial charge < -0.3 is 10.1 Å². The molecule has 0 aliphatic heterocycles. The highest BCUT2D eigenvalue weighted by Crippen LogP contribution is 2.27. The second-order valence-electron chi connectivity index (χ2n) is 4.77. The third-order valence-electron chi connectivity index (χ3n) is 3.45. The van der Waals surface area contributed by atoms with E-state index in [1.54, 1.807) is 0 Å². The minimum absolute atomic E-state index is 0.122. The molecule has 0 unspecified atom stereocenters. The van der Waals surface area contributed by atoms with Crippen molar-refractivity contribution in [2.75, 3.05) is 12.4 Å². The number of methoxy groups -OCH3 is 1. The zero-order valence-corrected chi connectivity index (χ0v) is 11.2. The van der Waals surface area contributed by atoms with E-state index in [0.29, 0.717) is 0 Å². The van der Waals surface area contributed by atoms with Gasteiger partial charge in [-0.2, -0.15) is 0 Å². The normalized spacial score (nSPS) is 13.5. The predicted octanol–water partition coefficient (Wildman–Crippen LogP) is 2.46. The molecule has 0 saturated heterocycles. The number of hydrogen-bond acceptors (Lipinski definition) is 3. The van der Waals surface area contributed by atoms with Crippen LogP contribution in [0.15, 0.2) is 18.2 Å². The van der Waals surface area contributed by atoms with Crippen molar-refractivity contribution in [2.45, 2.75) is 38.5 Å². The number of rotatable bonds is 4. The summed E-state index contributed by atoms with van der Waals surface area (Å²) in [7, 11) is 1.33. The second kappa shape index (κ2) is 6.36. The van der Waals surface area contributed by atoms with Crippen LogP contribution in [0.1, 0.15) is 36.8 Å². The number of carbonyl (C=O) groups excluding carboxylic acids is 2. The Labute approximate surface area is 113 Å². The summed E-state index contributed by atoms with van der Waals surface area (Å²) in [5, 5.41) is 2.90. The molecule has 0 heterocycles. The van der Waals surface area contributed by atoms with Gasteiger partial charge in [-0.05, 0) is 42.9 Å². The van der Waals surface area contributed by atoms with E-state index in [9.17, 15) is 9.59 Å². The quantitative estimate of drug-likeness (QED) is 0.847. The zero-order valence-electron chi connectivity index (χ0n) is 11.2. The van der Waals surface area contributed by atoms with Gasteiger partial charge in [0.15, 0.2) is 0 Å². The van der Waals surface area contributed by atoms with Gasteiger partial charge in [0.2, 0.25) is 5.91 Å². The monoisotopic (exact) mass is 261 g/mol. The largest absolute Gasteiger partial charge is 0.469 e. The fourth-order valence-corrected chi connectivity index (χ4v) is 2.43. The number of carbonyl (C=O) groups is 2. The molecule has 1 aromatic rings. The molecule has 0 aromatic heterocycles. The van der Waals surface area contributed by atoms with E-state index in [0.717, 1.165) is 18.5 Å². The predicted molar refractivity (Wildman–Crippen MR) is 73.0 cm³/mol. The number of esters is 1. The number of benzene rings is 1. The van der Waals surface area contributed by atoms with Crippen LogP contribution >= 0.6 is 0 Å². The average Bonchev–Trinajstić information content (AvgIpc) is 2.45. The SMILES string of the molecule is COC(=O)CCC(=O)Nc1cccc2c1CCCC2. The maximum Gasteiger partial charge on any atom is 0.306 e. The van der Waals surface area contributed by atoms with Crippen molar-refractivity contribution in [3.63, 3.8) is 0 Å². The van der Waals surface area contributed by atoms with Crippen LogP contribution < -0.4 is 5.32 Å². The Hall–Kier alpha value is -1.84. The van der Waals surface area contributed by atoms with Crippen LogP contribution in [0.25, 0.3) is 0 Å². The average molecular weight is 261 g/mol. The van der Waals surface area contributed by atoms with Gasteiger partial charge >= 0.3 is 5.97 Å². The number of nitrogens with one attached hydrogen (secondary N) is 1. The lowest BCUT2D eigenvalue weighted by Crippen LogP contribution is -2.16. The zero-order chi connectivity index (χ0) is 13.7. The van der Waals surface area contributed by atoms with Crippen molar-refractivity contribution in [3.05, 3.63) is 29.3 Å². The summed E-state index contributed by atoms with van der Waals surface area (Å²) in [4.78, 5) is 22.8. The molecular weight excluding hydrogens is 242 g/mol. The molecule has 1 N–H and O–H groups in total. The van der Waals surface area contributed by atoms with E-state index >= 15 is 0 Å². The van der Waals surface area contributed by atoms with Crippen LogP contribution in [0.3, 0.4) is 0 Å². The fraction of sp³-hybridized carbons (Fsp3) is 0.467. The summed E-state index contributed by atoms with van der Waals surface area (Å²) in [5.41, 5.74) is 3.48. The maximum absolute atomic E-state index is 11.8. The van der Waals surface area contributed by atoms with Crippen LogP contribution in [-0.2, 0) is 27.2 Å². The van der Waals surface area contributed by atoms with Crippen LogP contribution in [0, 0.1) is 0 Å². The lowest BCUT2D eigenvalue weighted by molar-refractivity contribution is -0.141. The van der Waals surface area contributed by atoms with Gasteiger partial charge in [-0.15, -0.1) is 0 Å². The van der Waals surface area contributed by atoms with Crippen molar-refractivity contribution in [3.8, 4) is 0 Å². The Kier molecular flexibility index (Phi) is 4.55. The van der Waals surface area contributed by atoms with Crippen molar-refractivity contribution in [1.82, 2.24) is 0 Å². The summed E-state index contributed by atoms with van der Waals surface area (Å²) in [6, 6.07) is 6.03. The first-order chi connectivity index (χ1) is 9.20. The van der Waals surface area contributed by atoms with Crippen molar-refractivity contribution in [2.24, 2.45) is 0 Å². The first-order valence-electron chi connectivity index (χ1n) is 6.68. The molecule has 4 nitrogen and oxygen atoms in total. The number of aryl methyl sites for hydroxylation is 1. The molecule has 0 atom stereocenters. The molecule has 4 heteroatoms. The molecule has 0 bridgehead atoms. The van der Waals surface area contributed by atoms with Crippen LogP contribution in [-0.4, -0.2) is 19.0 Å². The Morgan fingerprint density at radius 2 is 2.00 bits per heavy atom. The highest BCUT2D eigenvalue weighted by Gasteiger charge is 2.14. The number of hydrogen-bond donors (Lipinski definition) is 1. The van der Waals surface area contributed by atoms with Gasteiger partial charge in [-0.25, -0.2) is 0 Å². The summed E-state index contributed by atoms with van der Waals surface area (Å²) in [6.45, 7) is 0. The van der Waals surface area contributed by atoms with E-state index in [1.807, 2.05) is 12.1 Å². The van der Waals surface area contributed by atoms with Crippen molar-refractivity contribution < 1.29 is 14.3 Å². The molecular formula is C15H19NO3. The molecule has 102 valence electrons. The van der Waals surface area contributed by atoms with E-state index in [-0.39, 0.29) is 24.7 Å². The molecule has 19 heavy (non-hydrogen) atoms. The molecule has 1 amide bonds. The number of anilines is 1. The maximum atomic E-state index is 11.8. The minimum atomic E-state index is -0.356. The highest BCUT2D eigenvalue weighted by molar-refractivity contribution is 5.93. The number of ether oxygens (including phenoxy) is 1. The highest BCUT2D eigenvalue weighted by atomic mass is 16.5. The van der Waals surface area contributed by atoms with Crippen LogP contribution in [0.5, 0.6) is 0 Å². The summed E-state index contributed by atoms with van der Waals surface area (Å²) >= 11 is 0. The summed E-state index contributed by atoms with van der Waals surface area (Å²) in [5.74, 6) is -0.491. The molecule has 2 rings (SSSR count). The lowest BCUT2D eigenvalue weighted by Gasteiger charge is -2.19. The molecule has 0 saturated carbocycles. The van der Waals surface area contributed by atoms with Gasteiger partial charge in [0.25, 0.3) is 0 Å². The number of amides is 1. The van der Waals surface area contributed by atoms with Crippen molar-refractivity contribution >= 4 is 17.6 Å². The van der Waals surface area contributed by atoms with Gasteiger partial charge in [-0.1, -0.05) is 12.1 Å². The Bertz CT molecular complexity index is 482. The third kappa shape index (κ3) is 3.56. The number of fused-ring (bicyclic) bond motifs is 1. The third-order valence-corrected chi connectivity index (χ3v) is 3.45. The van der Waals surface area contributed by atoms with E-state index in [4.69, 9.17) is 0 Å². The molecule has 1 aromatic carbocycles. The lowest BCUT2D eigenvalue weighted by atomic mass is 9.90. The molecule has 0 spiro atoms. The van der Waals surface area contributed by atoms with E-state index in [1.165, 1.54) is 31.1 Å². The van der Waals surface area contributed by atoms with Crippen molar-refractivity contribution in [1.29, 1.82) is 0 Å². The Morgan fingerprint density at radius 1 is 1.21 bits per heavy atom. The molecule has 1 aliphatic carbocycles. The molecule has 0 fully saturated rings. The fourth-order valence-electron chi connectivity index (χ4n) is 2.43. The van der Waals surface area contributed by atoms with Gasteiger partial charge in [0.1, 0.15) is 0 Å². The molecule has 0 radical (unpaired) electrons. The summed E-state index contributed by atoms with van der Waals surface area (Å²) < 4.78 is 4.52. The van der Waals surface area contributed by atoms with Gasteiger partial charge in [-0.3, -0.25) is 9.59 Å². The van der Waals surface area contributed by atoms with E-state index in [2.05, 4.69) is 16.1 Å². The summed E-state index contributed by atoms with van der Waals surface area (Å²) in [6.07, 6.45) is 4.77. The molecule has 1 aliphatic rings. The van der Waals surface area contributed by atoms with E-state index < -0.39 is 0 Å². The van der Waals surface area contributed by atoms with Crippen LogP contribution in [0.4, 0.5) is 5.69 Å². The Balaban J connectivity index is 1.99.